The van der Waals surface area contributed by atoms with Crippen LogP contribution in [0.4, 0.5) is 27.9 Å². The second kappa shape index (κ2) is 10.1. The first kappa shape index (κ1) is 22.2. The Bertz CT molecular complexity index is 1100. The van der Waals surface area contributed by atoms with E-state index in [1.54, 1.807) is 13.3 Å². The summed E-state index contributed by atoms with van der Waals surface area (Å²) in [5, 5.41) is 15.6. The maximum Gasteiger partial charge on any atom is 0.407 e. The third-order valence-corrected chi connectivity index (χ3v) is 5.43. The number of likely N-dealkylation sites (tertiary alicyclic amines) is 1. The topological polar surface area (TPSA) is 109 Å². The fraction of sp³-hybridized carbons (Fsp3) is 0.292. The Kier molecular flexibility index (Phi) is 6.77. The zero-order chi connectivity index (χ0) is 23.2. The molecule has 3 aromatic rings. The number of aromatic nitrogens is 2. The number of amides is 1. The monoisotopic (exact) mass is 449 g/mol. The number of methoxy groups -OCH3 is 1. The molecule has 172 valence electrons. The highest BCUT2D eigenvalue weighted by Crippen LogP contribution is 2.25. The van der Waals surface area contributed by atoms with E-state index in [0.29, 0.717) is 37.7 Å². The summed E-state index contributed by atoms with van der Waals surface area (Å²) in [6.07, 6.45) is 2.28. The quantitative estimate of drug-likeness (QED) is 0.472. The molecule has 2 heterocycles. The van der Waals surface area contributed by atoms with Crippen LogP contribution < -0.4 is 20.1 Å². The van der Waals surface area contributed by atoms with Gasteiger partial charge in [-0.05, 0) is 43.3 Å². The van der Waals surface area contributed by atoms with Crippen LogP contribution in [0.2, 0.25) is 0 Å². The van der Waals surface area contributed by atoms with E-state index < -0.39 is 6.09 Å². The molecule has 0 bridgehead atoms. The minimum atomic E-state index is -0.871. The van der Waals surface area contributed by atoms with Gasteiger partial charge in [-0.1, -0.05) is 6.07 Å². The normalized spacial score (nSPS) is 13.9. The van der Waals surface area contributed by atoms with Crippen LogP contribution in [0.15, 0.2) is 54.7 Å². The summed E-state index contributed by atoms with van der Waals surface area (Å²) in [4.78, 5) is 21.4. The Morgan fingerprint density at radius 2 is 1.82 bits per heavy atom. The van der Waals surface area contributed by atoms with Gasteiger partial charge in [0.1, 0.15) is 23.4 Å². The summed E-state index contributed by atoms with van der Waals surface area (Å²) in [6.45, 7) is 2.94. The molecule has 1 aliphatic heterocycles. The lowest BCUT2D eigenvalue weighted by molar-refractivity contribution is 0.0895. The number of nitrogens with zero attached hydrogens (tertiary/aromatic N) is 3. The number of rotatable bonds is 7. The molecule has 1 saturated heterocycles. The van der Waals surface area contributed by atoms with Crippen LogP contribution in [-0.2, 0) is 0 Å². The van der Waals surface area contributed by atoms with Crippen molar-refractivity contribution < 1.29 is 19.4 Å². The molecule has 0 atom stereocenters. The van der Waals surface area contributed by atoms with Crippen LogP contribution in [0, 0.1) is 6.92 Å². The van der Waals surface area contributed by atoms with Crippen LogP contribution in [0.25, 0.3) is 0 Å². The maximum atomic E-state index is 11.0. The van der Waals surface area contributed by atoms with Crippen molar-refractivity contribution in [3.05, 3.63) is 60.3 Å². The third kappa shape index (κ3) is 5.82. The molecule has 0 aliphatic carbocycles. The third-order valence-electron chi connectivity index (χ3n) is 5.43. The lowest BCUT2D eigenvalue weighted by Gasteiger charge is -2.30. The summed E-state index contributed by atoms with van der Waals surface area (Å²) in [6, 6.07) is 15.2. The molecule has 1 aliphatic rings. The number of benzene rings is 2. The van der Waals surface area contributed by atoms with Crippen molar-refractivity contribution in [2.45, 2.75) is 25.9 Å². The number of carboxylic acid groups (broad SMARTS) is 1. The summed E-state index contributed by atoms with van der Waals surface area (Å²) in [5.74, 6) is 2.69. The number of aryl methyl sites for hydroxylation is 1. The van der Waals surface area contributed by atoms with Gasteiger partial charge in [-0.2, -0.15) is 4.98 Å². The summed E-state index contributed by atoms with van der Waals surface area (Å²) >= 11 is 0. The van der Waals surface area contributed by atoms with Crippen LogP contribution in [0.5, 0.6) is 11.5 Å². The fourth-order valence-corrected chi connectivity index (χ4v) is 3.57. The van der Waals surface area contributed by atoms with E-state index >= 15 is 0 Å². The number of piperidine rings is 1. The van der Waals surface area contributed by atoms with Gasteiger partial charge in [0.05, 0.1) is 7.11 Å². The van der Waals surface area contributed by atoms with Crippen LogP contribution >= 0.6 is 0 Å². The Hall–Kier alpha value is -4.01. The number of hydrogen-bond acceptors (Lipinski definition) is 7. The molecule has 0 saturated carbocycles. The van der Waals surface area contributed by atoms with E-state index in [0.717, 1.165) is 28.4 Å². The molecule has 33 heavy (non-hydrogen) atoms. The molecule has 1 fully saturated rings. The van der Waals surface area contributed by atoms with Gasteiger partial charge in [-0.3, -0.25) is 0 Å². The minimum absolute atomic E-state index is 0.0186. The average molecular weight is 450 g/mol. The molecule has 0 spiro atoms. The van der Waals surface area contributed by atoms with Crippen molar-refractivity contribution in [3.63, 3.8) is 0 Å². The van der Waals surface area contributed by atoms with E-state index in [-0.39, 0.29) is 6.10 Å². The first-order valence-corrected chi connectivity index (χ1v) is 10.8. The smallest absolute Gasteiger partial charge is 0.407 e. The molecule has 9 heteroatoms. The Labute approximate surface area is 192 Å². The predicted molar refractivity (Wildman–Crippen MR) is 126 cm³/mol. The van der Waals surface area contributed by atoms with Crippen LogP contribution in [-0.4, -0.2) is 52.4 Å². The highest BCUT2D eigenvalue weighted by Gasteiger charge is 2.23. The van der Waals surface area contributed by atoms with Crippen molar-refractivity contribution in [1.29, 1.82) is 0 Å². The fourth-order valence-electron chi connectivity index (χ4n) is 3.57. The number of hydrogen-bond donors (Lipinski definition) is 3. The standard InChI is InChI=1S/C24H27N5O4/c1-16-15-25-23(28-22(16)26-18-4-3-5-21(14-18)32-2)27-17-6-8-19(9-7-17)33-20-10-12-29(13-11-20)24(30)31/h3-9,14-15,20H,10-13H2,1-2H3,(H,30,31)(H2,25,26,27,28). The van der Waals surface area contributed by atoms with Gasteiger partial charge in [0, 0.05) is 55.1 Å². The van der Waals surface area contributed by atoms with Crippen LogP contribution in [0.3, 0.4) is 0 Å². The Morgan fingerprint density at radius 3 is 2.52 bits per heavy atom. The molecule has 3 N–H and O–H groups in total. The molecule has 9 nitrogen and oxygen atoms in total. The van der Waals surface area contributed by atoms with Gasteiger partial charge in [0.2, 0.25) is 5.95 Å². The molecule has 0 radical (unpaired) electrons. The number of nitrogens with one attached hydrogen (secondary N) is 2. The molecule has 1 aromatic heterocycles. The maximum absolute atomic E-state index is 11.0. The lowest BCUT2D eigenvalue weighted by Crippen LogP contribution is -2.41. The van der Waals surface area contributed by atoms with Crippen molar-refractivity contribution in [2.75, 3.05) is 30.8 Å². The van der Waals surface area contributed by atoms with Gasteiger partial charge in [0.25, 0.3) is 0 Å². The molecule has 1 amide bonds. The van der Waals surface area contributed by atoms with E-state index in [1.807, 2.05) is 55.5 Å². The van der Waals surface area contributed by atoms with Crippen molar-refractivity contribution in [1.82, 2.24) is 14.9 Å². The second-order valence-corrected chi connectivity index (χ2v) is 7.82. The molecule has 0 unspecified atom stereocenters. The van der Waals surface area contributed by atoms with Crippen LogP contribution in [0.1, 0.15) is 18.4 Å². The molecular weight excluding hydrogens is 422 g/mol. The predicted octanol–water partition coefficient (Wildman–Crippen LogP) is 4.80. The second-order valence-electron chi connectivity index (χ2n) is 7.82. The van der Waals surface area contributed by atoms with E-state index in [9.17, 15) is 4.79 Å². The van der Waals surface area contributed by atoms with Gasteiger partial charge in [0.15, 0.2) is 0 Å². The summed E-state index contributed by atoms with van der Waals surface area (Å²) < 4.78 is 11.3. The molecule has 2 aromatic carbocycles. The largest absolute Gasteiger partial charge is 0.497 e. The first-order valence-electron chi connectivity index (χ1n) is 10.8. The summed E-state index contributed by atoms with van der Waals surface area (Å²) in [5.41, 5.74) is 2.62. The average Bonchev–Trinajstić information content (AvgIpc) is 2.83. The van der Waals surface area contributed by atoms with Crippen molar-refractivity contribution in [2.24, 2.45) is 0 Å². The van der Waals surface area contributed by atoms with Gasteiger partial charge in [-0.25, -0.2) is 9.78 Å². The van der Waals surface area contributed by atoms with Crippen molar-refractivity contribution >= 4 is 29.2 Å². The van der Waals surface area contributed by atoms with E-state index in [2.05, 4.69) is 20.6 Å². The Balaban J connectivity index is 1.37. The first-order chi connectivity index (χ1) is 16.0. The highest BCUT2D eigenvalue weighted by molar-refractivity contribution is 5.65. The molecular formula is C24H27N5O4. The Morgan fingerprint density at radius 1 is 1.06 bits per heavy atom. The zero-order valence-corrected chi connectivity index (χ0v) is 18.6. The lowest BCUT2D eigenvalue weighted by atomic mass is 10.1. The van der Waals surface area contributed by atoms with Gasteiger partial charge >= 0.3 is 6.09 Å². The number of anilines is 4. The molecule has 4 rings (SSSR count). The minimum Gasteiger partial charge on any atom is -0.497 e. The van der Waals surface area contributed by atoms with E-state index in [4.69, 9.17) is 14.6 Å². The van der Waals surface area contributed by atoms with Gasteiger partial charge < -0.3 is 30.1 Å². The highest BCUT2D eigenvalue weighted by atomic mass is 16.5. The summed E-state index contributed by atoms with van der Waals surface area (Å²) in [7, 11) is 1.63. The van der Waals surface area contributed by atoms with Gasteiger partial charge in [-0.15, -0.1) is 0 Å². The zero-order valence-electron chi connectivity index (χ0n) is 18.6. The van der Waals surface area contributed by atoms with E-state index in [1.165, 1.54) is 4.90 Å². The number of ether oxygens (including phenoxy) is 2. The number of carbonyl (C=O) groups is 1. The van der Waals surface area contributed by atoms with Crippen molar-refractivity contribution in [3.8, 4) is 11.5 Å². The SMILES string of the molecule is COc1cccc(Nc2nc(Nc3ccc(OC4CCN(C(=O)O)CC4)cc3)ncc2C)c1.